The fourth-order valence-electron chi connectivity index (χ4n) is 3.75. The maximum Gasteiger partial charge on any atom is 0.213 e. The summed E-state index contributed by atoms with van der Waals surface area (Å²) < 4.78 is 7.19. The van der Waals surface area contributed by atoms with Crippen LogP contribution in [-0.4, -0.2) is 38.4 Å². The van der Waals surface area contributed by atoms with Gasteiger partial charge in [0.05, 0.1) is 24.2 Å². The van der Waals surface area contributed by atoms with Crippen LogP contribution in [0.15, 0.2) is 42.0 Å². The summed E-state index contributed by atoms with van der Waals surface area (Å²) in [5, 5.41) is 7.66. The molecule has 0 saturated carbocycles. The van der Waals surface area contributed by atoms with Crippen molar-refractivity contribution in [3.63, 3.8) is 0 Å². The summed E-state index contributed by atoms with van der Waals surface area (Å²) in [6, 6.07) is 8.05. The van der Waals surface area contributed by atoms with Gasteiger partial charge in [-0.1, -0.05) is 0 Å². The van der Waals surface area contributed by atoms with Crippen molar-refractivity contribution in [2.24, 2.45) is 0 Å². The van der Waals surface area contributed by atoms with Gasteiger partial charge in [0.2, 0.25) is 5.88 Å². The fourth-order valence-corrected chi connectivity index (χ4v) is 4.35. The van der Waals surface area contributed by atoms with Gasteiger partial charge in [0.25, 0.3) is 0 Å². The number of aromatic nitrogens is 5. The maximum absolute atomic E-state index is 5.25. The van der Waals surface area contributed by atoms with E-state index >= 15 is 0 Å². The Balaban J connectivity index is 1.57. The van der Waals surface area contributed by atoms with E-state index in [1.165, 1.54) is 5.56 Å². The Morgan fingerprint density at radius 3 is 2.76 bits per heavy atom. The van der Waals surface area contributed by atoms with Crippen LogP contribution < -0.4 is 9.64 Å². The molecule has 29 heavy (non-hydrogen) atoms. The lowest BCUT2D eigenvalue weighted by atomic mass is 10.1. The first-order chi connectivity index (χ1) is 14.1. The molecule has 8 heteroatoms. The molecule has 5 heterocycles. The summed E-state index contributed by atoms with van der Waals surface area (Å²) >= 11 is 1.59. The van der Waals surface area contributed by atoms with E-state index in [-0.39, 0.29) is 0 Å². The van der Waals surface area contributed by atoms with Crippen LogP contribution in [0.3, 0.4) is 0 Å². The van der Waals surface area contributed by atoms with Gasteiger partial charge in [0, 0.05) is 41.6 Å². The van der Waals surface area contributed by atoms with E-state index < -0.39 is 0 Å². The van der Waals surface area contributed by atoms with Gasteiger partial charge < -0.3 is 9.64 Å². The molecular weight excluding hydrogens is 384 g/mol. The molecule has 146 valence electrons. The third-order valence-corrected chi connectivity index (χ3v) is 5.86. The second-order valence-electron chi connectivity index (χ2n) is 6.93. The number of nitrogens with zero attached hydrogens (tertiary/aromatic N) is 6. The molecule has 0 N–H and O–H groups in total. The maximum atomic E-state index is 5.25. The predicted molar refractivity (Wildman–Crippen MR) is 113 cm³/mol. The SMILES string of the molecule is COc1ccc(N2CCc3c(-n4ccc(-c5nccs5)n4)cc(C)nc32)c(C)n1. The molecule has 1 aliphatic rings. The highest BCUT2D eigenvalue weighted by Gasteiger charge is 2.27. The number of hydrogen-bond donors (Lipinski definition) is 0. The van der Waals surface area contributed by atoms with E-state index in [0.717, 1.165) is 52.2 Å². The number of aryl methyl sites for hydroxylation is 2. The first-order valence-corrected chi connectivity index (χ1v) is 10.3. The number of fused-ring (bicyclic) bond motifs is 1. The van der Waals surface area contributed by atoms with Gasteiger partial charge in [-0.3, -0.25) is 0 Å². The third-order valence-electron chi connectivity index (χ3n) is 5.07. The van der Waals surface area contributed by atoms with Crippen LogP contribution in [0, 0.1) is 13.8 Å². The molecular formula is C21H20N6OS. The fraction of sp³-hybridized carbons (Fsp3) is 0.238. The van der Waals surface area contributed by atoms with E-state index in [0.29, 0.717) is 5.88 Å². The Morgan fingerprint density at radius 2 is 2.00 bits per heavy atom. The Hall–Kier alpha value is -3.26. The monoisotopic (exact) mass is 404 g/mol. The Labute approximate surface area is 172 Å². The number of thiazole rings is 1. The van der Waals surface area contributed by atoms with E-state index in [1.54, 1.807) is 24.6 Å². The Kier molecular flexibility index (Phi) is 4.28. The van der Waals surface area contributed by atoms with Gasteiger partial charge in [-0.15, -0.1) is 11.3 Å². The van der Waals surface area contributed by atoms with Crippen molar-refractivity contribution in [3.05, 3.63) is 59.0 Å². The normalized spacial score (nSPS) is 13.0. The molecule has 1 aliphatic heterocycles. The van der Waals surface area contributed by atoms with Crippen molar-refractivity contribution in [1.29, 1.82) is 0 Å². The topological polar surface area (TPSA) is 69.0 Å². The van der Waals surface area contributed by atoms with Crippen LogP contribution in [0.25, 0.3) is 16.4 Å². The molecule has 7 nitrogen and oxygen atoms in total. The predicted octanol–water partition coefficient (Wildman–Crippen LogP) is 4.11. The molecule has 4 aromatic heterocycles. The second-order valence-corrected chi connectivity index (χ2v) is 7.82. The molecule has 0 bridgehead atoms. The molecule has 0 atom stereocenters. The number of ether oxygens (including phenoxy) is 1. The summed E-state index contributed by atoms with van der Waals surface area (Å²) in [5.41, 5.74) is 6.07. The molecule has 0 radical (unpaired) electrons. The average Bonchev–Trinajstić information content (AvgIpc) is 3.47. The van der Waals surface area contributed by atoms with Gasteiger partial charge >= 0.3 is 0 Å². The van der Waals surface area contributed by atoms with Crippen LogP contribution in [0.1, 0.15) is 17.0 Å². The number of hydrogen-bond acceptors (Lipinski definition) is 7. The molecule has 0 amide bonds. The van der Waals surface area contributed by atoms with Crippen LogP contribution in [-0.2, 0) is 6.42 Å². The summed E-state index contributed by atoms with van der Waals surface area (Å²) in [7, 11) is 1.63. The number of methoxy groups -OCH3 is 1. The van der Waals surface area contributed by atoms with Gasteiger partial charge in [-0.05, 0) is 38.5 Å². The van der Waals surface area contributed by atoms with Gasteiger partial charge in [0.15, 0.2) is 0 Å². The first kappa shape index (κ1) is 17.8. The Bertz CT molecular complexity index is 1180. The smallest absolute Gasteiger partial charge is 0.213 e. The van der Waals surface area contributed by atoms with Gasteiger partial charge in [-0.2, -0.15) is 5.10 Å². The van der Waals surface area contributed by atoms with Crippen LogP contribution in [0.4, 0.5) is 11.5 Å². The van der Waals surface area contributed by atoms with E-state index in [9.17, 15) is 0 Å². The van der Waals surface area contributed by atoms with Crippen molar-refractivity contribution in [3.8, 4) is 22.3 Å². The lowest BCUT2D eigenvalue weighted by Crippen LogP contribution is -2.16. The van der Waals surface area contributed by atoms with Crippen molar-refractivity contribution >= 4 is 22.8 Å². The van der Waals surface area contributed by atoms with Crippen molar-refractivity contribution in [2.45, 2.75) is 20.3 Å². The molecule has 0 saturated heterocycles. The van der Waals surface area contributed by atoms with E-state index in [2.05, 4.69) is 27.0 Å². The zero-order chi connectivity index (χ0) is 20.0. The largest absolute Gasteiger partial charge is 0.481 e. The lowest BCUT2D eigenvalue weighted by molar-refractivity contribution is 0.397. The van der Waals surface area contributed by atoms with Crippen LogP contribution in [0.2, 0.25) is 0 Å². The molecule has 0 unspecified atom stereocenters. The molecule has 0 fully saturated rings. The Morgan fingerprint density at radius 1 is 1.10 bits per heavy atom. The van der Waals surface area contributed by atoms with E-state index in [4.69, 9.17) is 14.8 Å². The van der Waals surface area contributed by atoms with Crippen molar-refractivity contribution in [1.82, 2.24) is 24.7 Å². The van der Waals surface area contributed by atoms with Crippen molar-refractivity contribution < 1.29 is 4.74 Å². The molecule has 4 aromatic rings. The standard InChI is InChI=1S/C21H20N6OS/c1-13-12-18(27-10-7-16(25-27)21-22-8-11-29-21)15-6-9-26(20(15)23-13)17-4-5-19(28-3)24-14(17)2/h4-5,7-8,10-12H,6,9H2,1-3H3. The zero-order valence-electron chi connectivity index (χ0n) is 16.5. The highest BCUT2D eigenvalue weighted by Crippen LogP contribution is 2.38. The highest BCUT2D eigenvalue weighted by atomic mass is 32.1. The zero-order valence-corrected chi connectivity index (χ0v) is 17.3. The quantitative estimate of drug-likeness (QED) is 0.510. The average molecular weight is 404 g/mol. The molecule has 0 aliphatic carbocycles. The summed E-state index contributed by atoms with van der Waals surface area (Å²) in [4.78, 5) is 16.0. The van der Waals surface area contributed by atoms with Crippen LogP contribution in [0.5, 0.6) is 5.88 Å². The molecule has 5 rings (SSSR count). The second kappa shape index (κ2) is 6.97. The number of pyridine rings is 2. The van der Waals surface area contributed by atoms with E-state index in [1.807, 2.05) is 42.2 Å². The minimum Gasteiger partial charge on any atom is -0.481 e. The minimum absolute atomic E-state index is 0.620. The molecule has 0 spiro atoms. The number of rotatable bonds is 4. The van der Waals surface area contributed by atoms with Gasteiger partial charge in [0.1, 0.15) is 16.5 Å². The highest BCUT2D eigenvalue weighted by molar-refractivity contribution is 7.13. The summed E-state index contributed by atoms with van der Waals surface area (Å²) in [6.45, 7) is 4.87. The third kappa shape index (κ3) is 3.05. The first-order valence-electron chi connectivity index (χ1n) is 9.39. The number of anilines is 2. The minimum atomic E-state index is 0.620. The van der Waals surface area contributed by atoms with Crippen LogP contribution >= 0.6 is 11.3 Å². The van der Waals surface area contributed by atoms with Crippen molar-refractivity contribution in [2.75, 3.05) is 18.6 Å². The summed E-state index contributed by atoms with van der Waals surface area (Å²) in [6.07, 6.45) is 4.70. The molecule has 0 aromatic carbocycles. The van der Waals surface area contributed by atoms with Gasteiger partial charge in [-0.25, -0.2) is 19.6 Å². The summed E-state index contributed by atoms with van der Waals surface area (Å²) in [5.74, 6) is 1.59. The lowest BCUT2D eigenvalue weighted by Gasteiger charge is -2.21.